The van der Waals surface area contributed by atoms with Crippen molar-refractivity contribution < 1.29 is 14.7 Å². The molecule has 0 aromatic heterocycles. The van der Waals surface area contributed by atoms with Crippen LogP contribution in [0.1, 0.15) is 118 Å². The summed E-state index contributed by atoms with van der Waals surface area (Å²) in [5.41, 5.74) is 5.30. The molecule has 4 nitrogen and oxygen atoms in total. The molecule has 3 N–H and O–H groups in total. The second kappa shape index (κ2) is 18.4. The third-order valence-corrected chi connectivity index (χ3v) is 5.62. The Morgan fingerprint density at radius 3 is 1.71 bits per heavy atom. The van der Waals surface area contributed by atoms with Crippen LogP contribution >= 0.6 is 11.6 Å². The van der Waals surface area contributed by atoms with Gasteiger partial charge in [-0.05, 0) is 46.0 Å². The van der Waals surface area contributed by atoms with E-state index >= 15 is 0 Å². The number of Topliss-reactive ketones (excluding diaryl/α,β-unsaturated/α-hetero) is 1. The molecule has 28 heavy (non-hydrogen) atoms. The summed E-state index contributed by atoms with van der Waals surface area (Å²) < 4.78 is 0. The number of hydrogen-bond acceptors (Lipinski definition) is 3. The summed E-state index contributed by atoms with van der Waals surface area (Å²) in [6.45, 7) is 9.26. The number of halogens is 1. The SMILES string of the molecule is CC(C)O.CCCCCCCCCCCC(=O)CCCC(C)C(C)(Cl)C(N)=O. The van der Waals surface area contributed by atoms with E-state index in [2.05, 4.69) is 6.92 Å². The van der Waals surface area contributed by atoms with Gasteiger partial charge in [-0.3, -0.25) is 9.59 Å². The van der Waals surface area contributed by atoms with E-state index in [4.69, 9.17) is 22.4 Å². The number of rotatable bonds is 16. The number of hydrogen-bond donors (Lipinski definition) is 2. The predicted molar refractivity (Wildman–Crippen MR) is 121 cm³/mol. The zero-order valence-electron chi connectivity index (χ0n) is 19.1. The van der Waals surface area contributed by atoms with E-state index in [1.165, 1.54) is 44.9 Å². The van der Waals surface area contributed by atoms with Crippen LogP contribution in [0.2, 0.25) is 0 Å². The van der Waals surface area contributed by atoms with E-state index in [1.54, 1.807) is 20.8 Å². The average molecular weight is 420 g/mol. The summed E-state index contributed by atoms with van der Waals surface area (Å²) >= 11 is 6.15. The molecule has 0 aliphatic carbocycles. The molecule has 0 radical (unpaired) electrons. The Morgan fingerprint density at radius 1 is 0.893 bits per heavy atom. The lowest BCUT2D eigenvalue weighted by Gasteiger charge is -2.25. The Bertz CT molecular complexity index is 395. The third kappa shape index (κ3) is 18.7. The number of nitrogens with two attached hydrogens (primary N) is 1. The number of unbranched alkanes of at least 4 members (excludes halogenated alkanes) is 8. The van der Waals surface area contributed by atoms with E-state index in [-0.39, 0.29) is 12.0 Å². The highest BCUT2D eigenvalue weighted by Gasteiger charge is 2.34. The fourth-order valence-electron chi connectivity index (χ4n) is 2.88. The molecule has 2 atom stereocenters. The molecule has 0 aliphatic heterocycles. The maximum atomic E-state index is 11.9. The zero-order chi connectivity index (χ0) is 22.0. The average Bonchev–Trinajstić information content (AvgIpc) is 2.59. The number of carbonyl (C=O) groups is 2. The number of alkyl halides is 1. The van der Waals surface area contributed by atoms with Crippen molar-refractivity contribution in [3.63, 3.8) is 0 Å². The van der Waals surface area contributed by atoms with Crippen LogP contribution in [0.4, 0.5) is 0 Å². The largest absolute Gasteiger partial charge is 0.394 e. The van der Waals surface area contributed by atoms with E-state index in [1.807, 2.05) is 6.92 Å². The highest BCUT2D eigenvalue weighted by atomic mass is 35.5. The first kappa shape index (κ1) is 29.6. The first-order chi connectivity index (χ1) is 13.1. The van der Waals surface area contributed by atoms with Crippen molar-refractivity contribution in [2.75, 3.05) is 0 Å². The molecule has 0 fully saturated rings. The number of aliphatic hydroxyl groups is 1. The van der Waals surface area contributed by atoms with Crippen LogP contribution in [-0.2, 0) is 9.59 Å². The van der Waals surface area contributed by atoms with Gasteiger partial charge >= 0.3 is 0 Å². The number of amides is 1. The highest BCUT2D eigenvalue weighted by molar-refractivity contribution is 6.34. The van der Waals surface area contributed by atoms with Crippen LogP contribution in [-0.4, -0.2) is 27.8 Å². The fraction of sp³-hybridized carbons (Fsp3) is 0.913. The van der Waals surface area contributed by atoms with Crippen molar-refractivity contribution >= 4 is 23.3 Å². The van der Waals surface area contributed by atoms with Gasteiger partial charge in [-0.25, -0.2) is 0 Å². The number of ketones is 1. The summed E-state index contributed by atoms with van der Waals surface area (Å²) in [6.07, 6.45) is 14.1. The monoisotopic (exact) mass is 419 g/mol. The lowest BCUT2D eigenvalue weighted by Crippen LogP contribution is -2.41. The summed E-state index contributed by atoms with van der Waals surface area (Å²) in [4.78, 5) is 22.2. The summed E-state index contributed by atoms with van der Waals surface area (Å²) in [6, 6.07) is 0. The molecule has 0 bridgehead atoms. The maximum Gasteiger partial charge on any atom is 0.238 e. The Kier molecular flexibility index (Phi) is 19.5. The first-order valence-corrected chi connectivity index (χ1v) is 11.6. The standard InChI is InChI=1S/C20H38ClNO2.C3H8O/c1-4-5-6-7-8-9-10-11-12-15-18(23)16-13-14-17(2)20(3,21)19(22)24;1-3(2)4/h17H,4-16H2,1-3H3,(H2,22,24);3-4H,1-2H3. The van der Waals surface area contributed by atoms with Crippen molar-refractivity contribution in [2.24, 2.45) is 11.7 Å². The van der Waals surface area contributed by atoms with Crippen molar-refractivity contribution in [3.8, 4) is 0 Å². The smallest absolute Gasteiger partial charge is 0.238 e. The number of carbonyl (C=O) groups excluding carboxylic acids is 2. The van der Waals surface area contributed by atoms with Gasteiger partial charge in [0.05, 0.1) is 0 Å². The fourth-order valence-corrected chi connectivity index (χ4v) is 2.99. The second-order valence-corrected chi connectivity index (χ2v) is 9.23. The van der Waals surface area contributed by atoms with E-state index < -0.39 is 10.8 Å². The Balaban J connectivity index is 0. The second-order valence-electron chi connectivity index (χ2n) is 8.44. The number of aliphatic hydroxyl groups excluding tert-OH is 1. The normalized spacial score (nSPS) is 14.1. The molecule has 0 saturated heterocycles. The van der Waals surface area contributed by atoms with Gasteiger partial charge in [-0.1, -0.05) is 65.2 Å². The molecule has 0 aromatic carbocycles. The highest BCUT2D eigenvalue weighted by Crippen LogP contribution is 2.28. The minimum Gasteiger partial charge on any atom is -0.394 e. The van der Waals surface area contributed by atoms with E-state index in [0.29, 0.717) is 18.6 Å². The maximum absolute atomic E-state index is 11.9. The van der Waals surface area contributed by atoms with Gasteiger partial charge in [-0.2, -0.15) is 0 Å². The molecule has 1 amide bonds. The van der Waals surface area contributed by atoms with E-state index in [9.17, 15) is 9.59 Å². The molecule has 0 aromatic rings. The molecule has 5 heteroatoms. The Hall–Kier alpha value is -0.610. The Labute approximate surface area is 179 Å². The lowest BCUT2D eigenvalue weighted by atomic mass is 9.89. The zero-order valence-corrected chi connectivity index (χ0v) is 19.8. The van der Waals surface area contributed by atoms with Crippen LogP contribution in [0.5, 0.6) is 0 Å². The van der Waals surface area contributed by atoms with Gasteiger partial charge in [0.1, 0.15) is 10.7 Å². The van der Waals surface area contributed by atoms with Crippen molar-refractivity contribution in [1.82, 2.24) is 0 Å². The van der Waals surface area contributed by atoms with Gasteiger partial charge in [0.25, 0.3) is 0 Å². The van der Waals surface area contributed by atoms with Crippen molar-refractivity contribution in [3.05, 3.63) is 0 Å². The van der Waals surface area contributed by atoms with Gasteiger partial charge in [0, 0.05) is 18.9 Å². The first-order valence-electron chi connectivity index (χ1n) is 11.2. The molecule has 2 unspecified atom stereocenters. The summed E-state index contributed by atoms with van der Waals surface area (Å²) in [5.74, 6) is -0.171. The van der Waals surface area contributed by atoms with Crippen LogP contribution in [0.15, 0.2) is 0 Å². The topological polar surface area (TPSA) is 80.4 Å². The van der Waals surface area contributed by atoms with Crippen LogP contribution < -0.4 is 5.73 Å². The van der Waals surface area contributed by atoms with Gasteiger partial charge in [0.2, 0.25) is 5.91 Å². The van der Waals surface area contributed by atoms with Gasteiger partial charge in [0.15, 0.2) is 0 Å². The third-order valence-electron chi connectivity index (χ3n) is 5.06. The molecule has 0 spiro atoms. The number of primary amides is 1. The van der Waals surface area contributed by atoms with Crippen molar-refractivity contribution in [1.29, 1.82) is 0 Å². The van der Waals surface area contributed by atoms with Crippen LogP contribution in [0.3, 0.4) is 0 Å². The van der Waals surface area contributed by atoms with Gasteiger partial charge < -0.3 is 10.8 Å². The molecule has 0 aliphatic rings. The molecule has 0 saturated carbocycles. The molecule has 0 rings (SSSR count). The van der Waals surface area contributed by atoms with Crippen LogP contribution in [0.25, 0.3) is 0 Å². The molecular formula is C23H46ClNO3. The minimum atomic E-state index is -1.01. The summed E-state index contributed by atoms with van der Waals surface area (Å²) in [7, 11) is 0. The predicted octanol–water partition coefficient (Wildman–Crippen LogP) is 6.15. The Morgan fingerprint density at radius 2 is 1.29 bits per heavy atom. The van der Waals surface area contributed by atoms with Crippen molar-refractivity contribution in [2.45, 2.75) is 129 Å². The quantitative estimate of drug-likeness (QED) is 0.232. The van der Waals surface area contributed by atoms with Gasteiger partial charge in [-0.15, -0.1) is 11.6 Å². The summed E-state index contributed by atoms with van der Waals surface area (Å²) in [5, 5.41) is 8.06. The van der Waals surface area contributed by atoms with E-state index in [0.717, 1.165) is 25.7 Å². The molecular weight excluding hydrogens is 374 g/mol. The van der Waals surface area contributed by atoms with Crippen LogP contribution in [0, 0.1) is 5.92 Å². The molecule has 0 heterocycles. The molecule has 168 valence electrons. The lowest BCUT2D eigenvalue weighted by molar-refractivity contribution is -0.121. The minimum absolute atomic E-state index is 0.0165.